The molecule has 0 aliphatic carbocycles. The van der Waals surface area contributed by atoms with Gasteiger partial charge in [-0.25, -0.2) is 13.2 Å². The zero-order chi connectivity index (χ0) is 16.3. The smallest absolute Gasteiger partial charge is 0.345 e. The minimum absolute atomic E-state index is 0.0198. The Balaban J connectivity index is 2.20. The van der Waals surface area contributed by atoms with E-state index in [1.54, 1.807) is 18.7 Å². The van der Waals surface area contributed by atoms with Crippen LogP contribution in [0.1, 0.15) is 14.5 Å². The number of hydrogen-bond acceptors (Lipinski definition) is 6. The minimum Gasteiger partial charge on any atom is -0.477 e. The van der Waals surface area contributed by atoms with Crippen molar-refractivity contribution in [2.24, 2.45) is 0 Å². The molecule has 2 rings (SSSR count). The fourth-order valence-corrected chi connectivity index (χ4v) is 4.23. The van der Waals surface area contributed by atoms with Gasteiger partial charge in [-0.05, 0) is 13.0 Å². The van der Waals surface area contributed by atoms with Gasteiger partial charge in [0.05, 0.1) is 25.0 Å². The van der Waals surface area contributed by atoms with Crippen molar-refractivity contribution in [3.8, 4) is 0 Å². The maximum Gasteiger partial charge on any atom is 0.345 e. The third kappa shape index (κ3) is 3.64. The average molecular weight is 345 g/mol. The molecule has 10 heteroatoms. The molecule has 0 radical (unpaired) electrons. The highest BCUT2D eigenvalue weighted by Gasteiger charge is 2.22. The summed E-state index contributed by atoms with van der Waals surface area (Å²) >= 11 is 0.920. The summed E-state index contributed by atoms with van der Waals surface area (Å²) in [5, 5.41) is 12.9. The third-order valence-electron chi connectivity index (χ3n) is 2.78. The Kier molecular flexibility index (Phi) is 4.84. The largest absolute Gasteiger partial charge is 0.477 e. The van der Waals surface area contributed by atoms with Gasteiger partial charge < -0.3 is 9.84 Å². The number of aryl methyl sites for hydroxylation is 1. The van der Waals surface area contributed by atoms with Crippen LogP contribution in [0.4, 0.5) is 5.69 Å². The van der Waals surface area contributed by atoms with Gasteiger partial charge in [0, 0.05) is 18.2 Å². The Morgan fingerprint density at radius 2 is 2.27 bits per heavy atom. The molecule has 0 atom stereocenters. The number of ether oxygens (including phenoxy) is 1. The summed E-state index contributed by atoms with van der Waals surface area (Å²) in [4.78, 5) is 11.3. The highest BCUT2D eigenvalue weighted by Crippen LogP contribution is 2.27. The zero-order valence-electron chi connectivity index (χ0n) is 11.9. The van der Waals surface area contributed by atoms with Crippen molar-refractivity contribution in [2.45, 2.75) is 18.4 Å². The van der Waals surface area contributed by atoms with Gasteiger partial charge in [0.1, 0.15) is 9.77 Å². The summed E-state index contributed by atoms with van der Waals surface area (Å²) in [5.41, 5.74) is 0.304. The Bertz CT molecular complexity index is 779. The van der Waals surface area contributed by atoms with Crippen molar-refractivity contribution in [1.82, 2.24) is 9.78 Å². The molecule has 0 unspecified atom stereocenters. The normalized spacial score (nSPS) is 11.5. The van der Waals surface area contributed by atoms with Crippen molar-refractivity contribution < 1.29 is 23.1 Å². The summed E-state index contributed by atoms with van der Waals surface area (Å²) in [7, 11) is -2.29. The van der Waals surface area contributed by atoms with Crippen LogP contribution in [0.2, 0.25) is 0 Å². The van der Waals surface area contributed by atoms with E-state index in [0.717, 1.165) is 17.4 Å². The van der Waals surface area contributed by atoms with Gasteiger partial charge in [-0.2, -0.15) is 5.10 Å². The van der Waals surface area contributed by atoms with Crippen LogP contribution in [0.3, 0.4) is 0 Å². The predicted octanol–water partition coefficient (Wildman–Crippen LogP) is 1.40. The van der Waals surface area contributed by atoms with E-state index in [4.69, 9.17) is 9.84 Å². The van der Waals surface area contributed by atoms with Gasteiger partial charge in [-0.3, -0.25) is 9.40 Å². The number of aromatic carboxylic acids is 1. The van der Waals surface area contributed by atoms with Crippen LogP contribution in [0.15, 0.2) is 23.4 Å². The fraction of sp³-hybridized carbons (Fsp3) is 0.333. The second-order valence-electron chi connectivity index (χ2n) is 4.43. The molecule has 0 aromatic carbocycles. The molecule has 8 nitrogen and oxygen atoms in total. The van der Waals surface area contributed by atoms with E-state index in [1.165, 1.54) is 12.4 Å². The van der Waals surface area contributed by atoms with Crippen LogP contribution < -0.4 is 4.72 Å². The Labute approximate surface area is 131 Å². The number of carboxylic acids is 1. The Morgan fingerprint density at radius 1 is 1.55 bits per heavy atom. The molecule has 0 fully saturated rings. The SMILES string of the molecule is COCCn1cc(NS(=O)(=O)c2cc(C(=O)O)sc2C)cn1. The first kappa shape index (κ1) is 16.5. The lowest BCUT2D eigenvalue weighted by atomic mass is 10.4. The molecule has 120 valence electrons. The van der Waals surface area contributed by atoms with E-state index < -0.39 is 16.0 Å². The number of hydrogen-bond donors (Lipinski definition) is 2. The topological polar surface area (TPSA) is 111 Å². The molecule has 0 saturated heterocycles. The molecule has 2 aromatic heterocycles. The zero-order valence-corrected chi connectivity index (χ0v) is 13.6. The number of nitrogens with one attached hydrogen (secondary N) is 1. The van der Waals surface area contributed by atoms with Crippen LogP contribution in [0.5, 0.6) is 0 Å². The summed E-state index contributed by atoms with van der Waals surface area (Å²) in [5.74, 6) is -1.15. The molecule has 0 saturated carbocycles. The van der Waals surface area contributed by atoms with Crippen LogP contribution in [-0.2, 0) is 21.3 Å². The first-order valence-electron chi connectivity index (χ1n) is 6.21. The molecule has 0 aliphatic rings. The van der Waals surface area contributed by atoms with E-state index in [9.17, 15) is 13.2 Å². The van der Waals surface area contributed by atoms with Crippen LogP contribution >= 0.6 is 11.3 Å². The van der Waals surface area contributed by atoms with Gasteiger partial charge >= 0.3 is 5.97 Å². The lowest BCUT2D eigenvalue weighted by molar-refractivity contribution is 0.0702. The van der Waals surface area contributed by atoms with Gasteiger partial charge in [0.2, 0.25) is 0 Å². The highest BCUT2D eigenvalue weighted by molar-refractivity contribution is 7.93. The second-order valence-corrected chi connectivity index (χ2v) is 7.33. The first-order valence-corrected chi connectivity index (χ1v) is 8.51. The molecule has 0 aliphatic heterocycles. The number of rotatable bonds is 7. The number of nitrogens with zero attached hydrogens (tertiary/aromatic N) is 2. The molecule has 0 amide bonds. The number of anilines is 1. The molecule has 0 bridgehead atoms. The standard InChI is InChI=1S/C12H15N3O5S2/c1-8-11(5-10(21-8)12(16)17)22(18,19)14-9-6-13-15(7-9)3-4-20-2/h5-7,14H,3-4H2,1-2H3,(H,16,17). The Hall–Kier alpha value is -1.91. The molecule has 2 N–H and O–H groups in total. The summed E-state index contributed by atoms with van der Waals surface area (Å²) in [6.07, 6.45) is 2.92. The molecular weight excluding hydrogens is 330 g/mol. The minimum atomic E-state index is -3.85. The monoisotopic (exact) mass is 345 g/mol. The van der Waals surface area contributed by atoms with E-state index in [-0.39, 0.29) is 9.77 Å². The predicted molar refractivity (Wildman–Crippen MR) is 80.9 cm³/mol. The quantitative estimate of drug-likeness (QED) is 0.785. The maximum atomic E-state index is 12.3. The molecule has 2 aromatic rings. The van der Waals surface area contributed by atoms with Gasteiger partial charge in [-0.1, -0.05) is 0 Å². The Morgan fingerprint density at radius 3 is 2.86 bits per heavy atom. The van der Waals surface area contributed by atoms with E-state index >= 15 is 0 Å². The van der Waals surface area contributed by atoms with Crippen molar-refractivity contribution in [2.75, 3.05) is 18.4 Å². The van der Waals surface area contributed by atoms with E-state index in [0.29, 0.717) is 23.7 Å². The first-order chi connectivity index (χ1) is 10.3. The van der Waals surface area contributed by atoms with Crippen molar-refractivity contribution >= 4 is 33.0 Å². The number of carboxylic acid groups (broad SMARTS) is 1. The summed E-state index contributed by atoms with van der Waals surface area (Å²) < 4.78 is 33.5. The van der Waals surface area contributed by atoms with E-state index in [2.05, 4.69) is 9.82 Å². The summed E-state index contributed by atoms with van der Waals surface area (Å²) in [6.45, 7) is 2.52. The van der Waals surface area contributed by atoms with Crippen molar-refractivity contribution in [1.29, 1.82) is 0 Å². The number of carbonyl (C=O) groups is 1. The second kappa shape index (κ2) is 6.46. The molecule has 2 heterocycles. The van der Waals surface area contributed by atoms with Gasteiger partial charge in [0.15, 0.2) is 0 Å². The average Bonchev–Trinajstić information content (AvgIpc) is 3.03. The highest BCUT2D eigenvalue weighted by atomic mass is 32.2. The molecule has 22 heavy (non-hydrogen) atoms. The lowest BCUT2D eigenvalue weighted by Crippen LogP contribution is -2.13. The van der Waals surface area contributed by atoms with Gasteiger partial charge in [0.25, 0.3) is 10.0 Å². The van der Waals surface area contributed by atoms with Gasteiger partial charge in [-0.15, -0.1) is 11.3 Å². The van der Waals surface area contributed by atoms with Crippen molar-refractivity contribution in [3.05, 3.63) is 28.2 Å². The van der Waals surface area contributed by atoms with E-state index in [1.807, 2.05) is 0 Å². The van der Waals surface area contributed by atoms with Crippen molar-refractivity contribution in [3.63, 3.8) is 0 Å². The molecular formula is C12H15N3O5S2. The number of methoxy groups -OCH3 is 1. The lowest BCUT2D eigenvalue weighted by Gasteiger charge is -2.04. The number of sulfonamides is 1. The number of thiophene rings is 1. The summed E-state index contributed by atoms with van der Waals surface area (Å²) in [6, 6.07) is 1.15. The van der Waals surface area contributed by atoms with Crippen LogP contribution in [0, 0.1) is 6.92 Å². The third-order valence-corrected chi connectivity index (χ3v) is 5.46. The van der Waals surface area contributed by atoms with Crippen LogP contribution in [-0.4, -0.2) is 43.0 Å². The number of aromatic nitrogens is 2. The molecule has 0 spiro atoms. The fourth-order valence-electron chi connectivity index (χ4n) is 1.77. The maximum absolute atomic E-state index is 12.3. The van der Waals surface area contributed by atoms with Crippen LogP contribution in [0.25, 0.3) is 0 Å².